The number of rotatable bonds is 6. The lowest BCUT2D eigenvalue weighted by Gasteiger charge is -2.08. The molecule has 0 aliphatic carbocycles. The first kappa shape index (κ1) is 21.6. The topological polar surface area (TPSA) is 12.0 Å². The summed E-state index contributed by atoms with van der Waals surface area (Å²) in [5, 5.41) is 3.53. The van der Waals surface area contributed by atoms with Gasteiger partial charge in [-0.3, -0.25) is 0 Å². The molecule has 1 N–H and O–H groups in total. The zero-order valence-corrected chi connectivity index (χ0v) is 20.7. The van der Waals surface area contributed by atoms with Crippen molar-refractivity contribution in [3.05, 3.63) is 133 Å². The van der Waals surface area contributed by atoms with E-state index in [1.807, 2.05) is 22.7 Å². The summed E-state index contributed by atoms with van der Waals surface area (Å²) >= 11 is 3.66. The van der Waals surface area contributed by atoms with E-state index in [-0.39, 0.29) is 0 Å². The molecule has 0 aliphatic heterocycles. The van der Waals surface area contributed by atoms with E-state index < -0.39 is 0 Å². The molecule has 0 amide bonds. The number of benzene rings is 4. The first-order chi connectivity index (χ1) is 17.3. The second-order valence-electron chi connectivity index (χ2n) is 8.34. The Morgan fingerprint density at radius 2 is 0.629 bits per heavy atom. The molecular formula is C32H23NS2. The van der Waals surface area contributed by atoms with E-state index in [2.05, 4.69) is 139 Å². The average molecular weight is 486 g/mol. The van der Waals surface area contributed by atoms with E-state index in [1.165, 1.54) is 41.8 Å². The van der Waals surface area contributed by atoms with Gasteiger partial charge in [-0.05, 0) is 70.8 Å². The van der Waals surface area contributed by atoms with Crippen LogP contribution in [0.4, 0.5) is 11.4 Å². The molecular weight excluding hydrogens is 462 g/mol. The highest BCUT2D eigenvalue weighted by atomic mass is 32.1. The van der Waals surface area contributed by atoms with E-state index in [0.29, 0.717) is 0 Å². The van der Waals surface area contributed by atoms with Crippen molar-refractivity contribution in [3.63, 3.8) is 0 Å². The summed E-state index contributed by atoms with van der Waals surface area (Å²) in [6.45, 7) is 0. The normalized spacial score (nSPS) is 10.9. The molecule has 0 bridgehead atoms. The molecule has 35 heavy (non-hydrogen) atoms. The fourth-order valence-electron chi connectivity index (χ4n) is 4.10. The minimum absolute atomic E-state index is 1.09. The Bertz CT molecular complexity index is 1410. The van der Waals surface area contributed by atoms with E-state index in [4.69, 9.17) is 0 Å². The number of thiophene rings is 2. The lowest BCUT2D eigenvalue weighted by atomic mass is 10.1. The van der Waals surface area contributed by atoms with Gasteiger partial charge in [0.05, 0.1) is 0 Å². The summed E-state index contributed by atoms with van der Waals surface area (Å²) in [7, 11) is 0. The van der Waals surface area contributed by atoms with Crippen molar-refractivity contribution < 1.29 is 0 Å². The summed E-state index contributed by atoms with van der Waals surface area (Å²) in [6.07, 6.45) is 0. The molecule has 6 aromatic rings. The van der Waals surface area contributed by atoms with Gasteiger partial charge in [0.2, 0.25) is 0 Å². The van der Waals surface area contributed by atoms with Gasteiger partial charge in [0.1, 0.15) is 0 Å². The van der Waals surface area contributed by atoms with Crippen LogP contribution in [0.3, 0.4) is 0 Å². The average Bonchev–Trinajstić information content (AvgIpc) is 3.62. The molecule has 0 fully saturated rings. The zero-order valence-electron chi connectivity index (χ0n) is 19.0. The van der Waals surface area contributed by atoms with Crippen LogP contribution in [0, 0.1) is 0 Å². The van der Waals surface area contributed by atoms with Crippen LogP contribution >= 0.6 is 22.7 Å². The molecule has 0 saturated carbocycles. The van der Waals surface area contributed by atoms with Gasteiger partial charge in [-0.15, -0.1) is 22.7 Å². The van der Waals surface area contributed by atoms with Crippen molar-refractivity contribution in [1.29, 1.82) is 0 Å². The lowest BCUT2D eigenvalue weighted by Crippen LogP contribution is -1.89. The minimum atomic E-state index is 1.09. The Kier molecular flexibility index (Phi) is 6.02. The van der Waals surface area contributed by atoms with E-state index in [9.17, 15) is 0 Å². The Morgan fingerprint density at radius 3 is 0.971 bits per heavy atom. The predicted octanol–water partition coefficient (Wildman–Crippen LogP) is 10.2. The summed E-state index contributed by atoms with van der Waals surface area (Å²) in [4.78, 5) is 5.16. The standard InChI is InChI=1S/C32H23NS2/c1-3-7-23(8-4-1)29-19-21-31(34-29)25-11-15-27(16-12-25)33-28-17-13-26(14-18-28)32-22-20-30(35-32)24-9-5-2-6-10-24/h1-22,33H. The minimum Gasteiger partial charge on any atom is -0.356 e. The third-order valence-corrected chi connectivity index (χ3v) is 8.32. The van der Waals surface area contributed by atoms with Gasteiger partial charge in [-0.2, -0.15) is 0 Å². The molecule has 0 radical (unpaired) electrons. The molecule has 168 valence electrons. The number of hydrogen-bond acceptors (Lipinski definition) is 3. The smallest absolute Gasteiger partial charge is 0.0384 e. The molecule has 3 heteroatoms. The first-order valence-corrected chi connectivity index (χ1v) is 13.2. The van der Waals surface area contributed by atoms with E-state index in [0.717, 1.165) is 11.4 Å². The molecule has 2 heterocycles. The van der Waals surface area contributed by atoms with Crippen LogP contribution in [0.15, 0.2) is 133 Å². The highest BCUT2D eigenvalue weighted by molar-refractivity contribution is 7.19. The van der Waals surface area contributed by atoms with Crippen LogP contribution in [0.5, 0.6) is 0 Å². The summed E-state index contributed by atoms with van der Waals surface area (Å²) in [6, 6.07) is 47.3. The molecule has 0 aliphatic rings. The molecule has 0 spiro atoms. The van der Waals surface area contributed by atoms with Gasteiger partial charge in [0, 0.05) is 30.9 Å². The van der Waals surface area contributed by atoms with Crippen LogP contribution in [-0.4, -0.2) is 0 Å². The second kappa shape index (κ2) is 9.75. The van der Waals surface area contributed by atoms with Crippen molar-refractivity contribution in [1.82, 2.24) is 0 Å². The van der Waals surface area contributed by atoms with E-state index >= 15 is 0 Å². The highest BCUT2D eigenvalue weighted by Gasteiger charge is 2.07. The van der Waals surface area contributed by atoms with Crippen LogP contribution in [0.1, 0.15) is 0 Å². The summed E-state index contributed by atoms with van der Waals surface area (Å²) in [5.41, 5.74) is 7.19. The van der Waals surface area contributed by atoms with E-state index in [1.54, 1.807) is 0 Å². The van der Waals surface area contributed by atoms with Crippen molar-refractivity contribution in [2.24, 2.45) is 0 Å². The van der Waals surface area contributed by atoms with Crippen LogP contribution in [0.25, 0.3) is 41.8 Å². The van der Waals surface area contributed by atoms with Crippen LogP contribution in [-0.2, 0) is 0 Å². The van der Waals surface area contributed by atoms with Crippen molar-refractivity contribution >= 4 is 34.0 Å². The quantitative estimate of drug-likeness (QED) is 0.247. The molecule has 1 nitrogen and oxygen atoms in total. The maximum absolute atomic E-state index is 3.53. The van der Waals surface area contributed by atoms with Gasteiger partial charge in [0.15, 0.2) is 0 Å². The maximum Gasteiger partial charge on any atom is 0.0384 e. The molecule has 4 aromatic carbocycles. The van der Waals surface area contributed by atoms with Gasteiger partial charge in [-0.1, -0.05) is 84.9 Å². The summed E-state index contributed by atoms with van der Waals surface area (Å²) in [5.74, 6) is 0. The zero-order chi connectivity index (χ0) is 23.5. The lowest BCUT2D eigenvalue weighted by molar-refractivity contribution is 1.55. The van der Waals surface area contributed by atoms with Gasteiger partial charge < -0.3 is 5.32 Å². The summed E-state index contributed by atoms with van der Waals surface area (Å²) < 4.78 is 0. The fraction of sp³-hybridized carbons (Fsp3) is 0. The maximum atomic E-state index is 3.53. The Balaban J connectivity index is 1.14. The van der Waals surface area contributed by atoms with Crippen molar-refractivity contribution in [2.75, 3.05) is 5.32 Å². The molecule has 6 rings (SSSR count). The third kappa shape index (κ3) is 4.83. The predicted molar refractivity (Wildman–Crippen MR) is 154 cm³/mol. The second-order valence-corrected chi connectivity index (χ2v) is 10.5. The Labute approximate surface area is 214 Å². The number of hydrogen-bond donors (Lipinski definition) is 1. The van der Waals surface area contributed by atoms with Gasteiger partial charge in [0.25, 0.3) is 0 Å². The third-order valence-electron chi connectivity index (χ3n) is 5.96. The fourth-order valence-corrected chi connectivity index (χ4v) is 6.14. The largest absolute Gasteiger partial charge is 0.356 e. The number of nitrogens with one attached hydrogen (secondary N) is 1. The number of anilines is 2. The molecule has 0 atom stereocenters. The first-order valence-electron chi connectivity index (χ1n) is 11.6. The molecule has 2 aromatic heterocycles. The van der Waals surface area contributed by atoms with Crippen LogP contribution < -0.4 is 5.32 Å². The van der Waals surface area contributed by atoms with Crippen molar-refractivity contribution in [3.8, 4) is 41.8 Å². The highest BCUT2D eigenvalue weighted by Crippen LogP contribution is 2.36. The molecule has 0 unspecified atom stereocenters. The monoisotopic (exact) mass is 485 g/mol. The van der Waals surface area contributed by atoms with Crippen molar-refractivity contribution in [2.45, 2.75) is 0 Å². The van der Waals surface area contributed by atoms with Gasteiger partial charge >= 0.3 is 0 Å². The van der Waals surface area contributed by atoms with Gasteiger partial charge in [-0.25, -0.2) is 0 Å². The Hall–Kier alpha value is -3.92. The Morgan fingerprint density at radius 1 is 0.314 bits per heavy atom. The molecule has 0 saturated heterocycles. The van der Waals surface area contributed by atoms with Crippen LogP contribution in [0.2, 0.25) is 0 Å². The SMILES string of the molecule is c1ccc(-c2ccc(-c3ccc(Nc4ccc(-c5ccc(-c6ccccc6)s5)cc4)cc3)s2)cc1.